The molecule has 0 aliphatic carbocycles. The van der Waals surface area contributed by atoms with E-state index in [1.54, 1.807) is 24.8 Å². The smallest absolute Gasteiger partial charge is 0.163 e. The normalized spacial score (nSPS) is 10.2. The molecule has 0 radical (unpaired) electrons. The Morgan fingerprint density at radius 1 is 1.50 bits per heavy atom. The van der Waals surface area contributed by atoms with Crippen LogP contribution in [0.4, 0.5) is 0 Å². The first-order valence-corrected chi connectivity index (χ1v) is 7.26. The zero-order valence-corrected chi connectivity index (χ0v) is 11.9. The summed E-state index contributed by atoms with van der Waals surface area (Å²) in [5, 5.41) is 0. The van der Waals surface area contributed by atoms with Crippen molar-refractivity contribution in [2.45, 2.75) is 13.3 Å². The Hall–Kier alpha value is -0.480. The van der Waals surface area contributed by atoms with Gasteiger partial charge in [-0.25, -0.2) is 0 Å². The van der Waals surface area contributed by atoms with E-state index in [1.807, 2.05) is 12.1 Å². The molecule has 1 aromatic rings. The van der Waals surface area contributed by atoms with Gasteiger partial charge in [-0.05, 0) is 43.6 Å². The third-order valence-corrected chi connectivity index (χ3v) is 3.26. The molecule has 0 N–H and O–H groups in total. The zero-order valence-electron chi connectivity index (χ0n) is 9.46. The summed E-state index contributed by atoms with van der Waals surface area (Å²) < 4.78 is 6.50. The van der Waals surface area contributed by atoms with Crippen molar-refractivity contribution in [3.8, 4) is 5.75 Å². The minimum absolute atomic E-state index is 0.0289. The molecule has 1 aromatic carbocycles. The number of ether oxygens (including phenoxy) is 1. The fourth-order valence-electron chi connectivity index (χ4n) is 1.29. The minimum atomic E-state index is 0.0289. The summed E-state index contributed by atoms with van der Waals surface area (Å²) in [4.78, 5) is 11.4. The number of Topliss-reactive ketones (excluding diaryl/α,β-unsaturated/α-hetero) is 1. The van der Waals surface area contributed by atoms with Gasteiger partial charge in [0.15, 0.2) is 5.78 Å². The third-order valence-electron chi connectivity index (χ3n) is 2.07. The summed E-state index contributed by atoms with van der Waals surface area (Å²) in [6.45, 7) is 2.21. The molecule has 0 atom stereocenters. The van der Waals surface area contributed by atoms with E-state index in [1.165, 1.54) is 0 Å². The maximum atomic E-state index is 11.4. The largest absolute Gasteiger partial charge is 0.493 e. The second-order valence-corrected chi connectivity index (χ2v) is 5.29. The number of thioether (sulfide) groups is 1. The second kappa shape index (κ2) is 6.97. The number of carbonyl (C=O) groups excluding carboxylic acids is 1. The van der Waals surface area contributed by atoms with Gasteiger partial charge in [-0.1, -0.05) is 15.9 Å². The lowest BCUT2D eigenvalue weighted by atomic mass is 10.1. The quantitative estimate of drug-likeness (QED) is 0.591. The van der Waals surface area contributed by atoms with E-state index in [-0.39, 0.29) is 5.78 Å². The zero-order chi connectivity index (χ0) is 12.0. The monoisotopic (exact) mass is 302 g/mol. The van der Waals surface area contributed by atoms with Crippen molar-refractivity contribution < 1.29 is 9.53 Å². The molecule has 1 rings (SSSR count). The van der Waals surface area contributed by atoms with Gasteiger partial charge in [0, 0.05) is 4.47 Å². The molecule has 2 nitrogen and oxygen atoms in total. The number of ketones is 1. The molecule has 0 aliphatic heterocycles. The van der Waals surface area contributed by atoms with Crippen molar-refractivity contribution in [2.24, 2.45) is 0 Å². The standard InChI is InChI=1S/C12H15BrO2S/c1-9(14)11-8-10(13)4-5-12(11)15-6-3-7-16-2/h4-5,8H,3,6-7H2,1-2H3. The first-order chi connectivity index (χ1) is 7.65. The van der Waals surface area contributed by atoms with E-state index < -0.39 is 0 Å². The lowest BCUT2D eigenvalue weighted by Crippen LogP contribution is -2.03. The van der Waals surface area contributed by atoms with Gasteiger partial charge in [0.1, 0.15) is 5.75 Å². The molecule has 0 saturated heterocycles. The summed E-state index contributed by atoms with van der Waals surface area (Å²) in [5.74, 6) is 1.78. The van der Waals surface area contributed by atoms with Gasteiger partial charge >= 0.3 is 0 Å². The molecule has 0 bridgehead atoms. The van der Waals surface area contributed by atoms with Crippen LogP contribution in [0.3, 0.4) is 0 Å². The Kier molecular flexibility index (Phi) is 5.91. The van der Waals surface area contributed by atoms with Gasteiger partial charge in [0.05, 0.1) is 12.2 Å². The third kappa shape index (κ3) is 4.18. The predicted octanol–water partition coefficient (Wildman–Crippen LogP) is 3.78. The Labute approximate surface area is 109 Å². The van der Waals surface area contributed by atoms with Crippen molar-refractivity contribution in [3.63, 3.8) is 0 Å². The van der Waals surface area contributed by atoms with Crippen LogP contribution in [0.15, 0.2) is 22.7 Å². The topological polar surface area (TPSA) is 26.3 Å². The maximum absolute atomic E-state index is 11.4. The molecule has 16 heavy (non-hydrogen) atoms. The van der Waals surface area contributed by atoms with Crippen LogP contribution >= 0.6 is 27.7 Å². The van der Waals surface area contributed by atoms with Crippen LogP contribution in [0.25, 0.3) is 0 Å². The van der Waals surface area contributed by atoms with Crippen LogP contribution in [0.1, 0.15) is 23.7 Å². The molecule has 0 amide bonds. The highest BCUT2D eigenvalue weighted by Crippen LogP contribution is 2.23. The molecule has 88 valence electrons. The van der Waals surface area contributed by atoms with Gasteiger partial charge in [0.2, 0.25) is 0 Å². The Morgan fingerprint density at radius 2 is 2.25 bits per heavy atom. The predicted molar refractivity (Wildman–Crippen MR) is 72.6 cm³/mol. The fourth-order valence-corrected chi connectivity index (χ4v) is 2.06. The molecule has 4 heteroatoms. The van der Waals surface area contributed by atoms with Crippen LogP contribution in [-0.2, 0) is 0 Å². The Morgan fingerprint density at radius 3 is 2.88 bits per heavy atom. The van der Waals surface area contributed by atoms with E-state index >= 15 is 0 Å². The van der Waals surface area contributed by atoms with Gasteiger partial charge in [0.25, 0.3) is 0 Å². The SMILES string of the molecule is CSCCCOc1ccc(Br)cc1C(C)=O. The molecule has 0 aromatic heterocycles. The van der Waals surface area contributed by atoms with E-state index in [0.717, 1.165) is 16.6 Å². The fraction of sp³-hybridized carbons (Fsp3) is 0.417. The van der Waals surface area contributed by atoms with Crippen molar-refractivity contribution in [2.75, 3.05) is 18.6 Å². The number of benzene rings is 1. The molecular formula is C12H15BrO2S. The number of hydrogen-bond donors (Lipinski definition) is 0. The highest BCUT2D eigenvalue weighted by molar-refractivity contribution is 9.10. The molecule has 0 aliphatic rings. The average Bonchev–Trinajstić information content (AvgIpc) is 2.26. The van der Waals surface area contributed by atoms with Gasteiger partial charge in [-0.15, -0.1) is 0 Å². The summed E-state index contributed by atoms with van der Waals surface area (Å²) in [6.07, 6.45) is 3.06. The number of rotatable bonds is 6. The maximum Gasteiger partial charge on any atom is 0.163 e. The molecule has 0 unspecified atom stereocenters. The summed E-state index contributed by atoms with van der Waals surface area (Å²) in [5.41, 5.74) is 0.638. The van der Waals surface area contributed by atoms with Crippen LogP contribution in [0.2, 0.25) is 0 Å². The van der Waals surface area contributed by atoms with Gasteiger partial charge in [-0.3, -0.25) is 4.79 Å². The van der Waals surface area contributed by atoms with Crippen LogP contribution in [0.5, 0.6) is 5.75 Å². The Balaban J connectivity index is 2.67. The van der Waals surface area contributed by atoms with E-state index in [9.17, 15) is 4.79 Å². The Bertz CT molecular complexity index is 366. The van der Waals surface area contributed by atoms with E-state index in [0.29, 0.717) is 17.9 Å². The summed E-state index contributed by atoms with van der Waals surface area (Å²) in [7, 11) is 0. The highest BCUT2D eigenvalue weighted by atomic mass is 79.9. The molecule has 0 heterocycles. The second-order valence-electron chi connectivity index (χ2n) is 3.39. The first-order valence-electron chi connectivity index (χ1n) is 5.07. The molecule has 0 saturated carbocycles. The van der Waals surface area contributed by atoms with Gasteiger partial charge in [-0.2, -0.15) is 11.8 Å². The lowest BCUT2D eigenvalue weighted by molar-refractivity contribution is 0.101. The van der Waals surface area contributed by atoms with Crippen molar-refractivity contribution in [1.82, 2.24) is 0 Å². The van der Waals surface area contributed by atoms with Crippen LogP contribution in [0, 0.1) is 0 Å². The molecule has 0 spiro atoms. The summed E-state index contributed by atoms with van der Waals surface area (Å²) >= 11 is 5.14. The first kappa shape index (κ1) is 13.6. The molecule has 0 fully saturated rings. The van der Waals surface area contributed by atoms with Crippen molar-refractivity contribution in [3.05, 3.63) is 28.2 Å². The van der Waals surface area contributed by atoms with Crippen molar-refractivity contribution in [1.29, 1.82) is 0 Å². The molecular weight excluding hydrogens is 288 g/mol. The highest BCUT2D eigenvalue weighted by Gasteiger charge is 2.08. The summed E-state index contributed by atoms with van der Waals surface area (Å²) in [6, 6.07) is 5.52. The van der Waals surface area contributed by atoms with Crippen LogP contribution < -0.4 is 4.74 Å². The number of hydrogen-bond acceptors (Lipinski definition) is 3. The van der Waals surface area contributed by atoms with Crippen molar-refractivity contribution >= 4 is 33.5 Å². The average molecular weight is 303 g/mol. The lowest BCUT2D eigenvalue weighted by Gasteiger charge is -2.09. The van der Waals surface area contributed by atoms with Gasteiger partial charge < -0.3 is 4.74 Å². The number of halogens is 1. The van der Waals surface area contributed by atoms with Crippen LogP contribution in [-0.4, -0.2) is 24.4 Å². The minimum Gasteiger partial charge on any atom is -0.493 e. The van der Waals surface area contributed by atoms with E-state index in [2.05, 4.69) is 22.2 Å². The van der Waals surface area contributed by atoms with E-state index in [4.69, 9.17) is 4.74 Å². The number of carbonyl (C=O) groups is 1.